The Morgan fingerprint density at radius 1 is 1.33 bits per heavy atom. The zero-order valence-electron chi connectivity index (χ0n) is 12.8. The van der Waals surface area contributed by atoms with Gasteiger partial charge in [0.1, 0.15) is 0 Å². The lowest BCUT2D eigenvalue weighted by Gasteiger charge is -2.41. The highest BCUT2D eigenvalue weighted by atomic mass is 16.5. The molecule has 0 saturated carbocycles. The normalized spacial score (nSPS) is 25.0. The second kappa shape index (κ2) is 8.13. The van der Waals surface area contributed by atoms with Crippen molar-refractivity contribution in [1.82, 2.24) is 10.2 Å². The molecular formula is C15H32N2O. The van der Waals surface area contributed by atoms with Crippen LogP contribution in [0.5, 0.6) is 0 Å². The Balaban J connectivity index is 2.57. The van der Waals surface area contributed by atoms with Gasteiger partial charge in [0.25, 0.3) is 0 Å². The number of rotatable bonds is 8. The summed E-state index contributed by atoms with van der Waals surface area (Å²) in [5.74, 6) is 0.741. The van der Waals surface area contributed by atoms with E-state index >= 15 is 0 Å². The van der Waals surface area contributed by atoms with Crippen molar-refractivity contribution in [3.8, 4) is 0 Å². The Morgan fingerprint density at radius 2 is 2.11 bits per heavy atom. The third-order valence-electron chi connectivity index (χ3n) is 3.78. The van der Waals surface area contributed by atoms with E-state index in [1.807, 2.05) is 0 Å². The molecule has 18 heavy (non-hydrogen) atoms. The summed E-state index contributed by atoms with van der Waals surface area (Å²) in [7, 11) is 0. The van der Waals surface area contributed by atoms with Crippen LogP contribution in [0.4, 0.5) is 0 Å². The molecule has 0 aromatic carbocycles. The van der Waals surface area contributed by atoms with E-state index in [1.165, 1.54) is 25.9 Å². The Labute approximate surface area is 113 Å². The molecule has 1 unspecified atom stereocenters. The largest absolute Gasteiger partial charge is 0.381 e. The monoisotopic (exact) mass is 256 g/mol. The number of hydrogen-bond donors (Lipinski definition) is 1. The topological polar surface area (TPSA) is 24.5 Å². The first-order chi connectivity index (χ1) is 8.62. The predicted molar refractivity (Wildman–Crippen MR) is 78.0 cm³/mol. The summed E-state index contributed by atoms with van der Waals surface area (Å²) in [5.41, 5.74) is 0.333. The van der Waals surface area contributed by atoms with Crippen molar-refractivity contribution >= 4 is 0 Å². The van der Waals surface area contributed by atoms with Crippen LogP contribution in [0.25, 0.3) is 0 Å². The van der Waals surface area contributed by atoms with Crippen LogP contribution in [0.1, 0.15) is 40.5 Å². The smallest absolute Gasteiger partial charge is 0.0546 e. The Morgan fingerprint density at radius 3 is 2.61 bits per heavy atom. The predicted octanol–water partition coefficient (Wildman–Crippen LogP) is 2.37. The molecule has 0 radical (unpaired) electrons. The van der Waals surface area contributed by atoms with Gasteiger partial charge in [-0.1, -0.05) is 27.7 Å². The van der Waals surface area contributed by atoms with Gasteiger partial charge in [0.05, 0.1) is 6.61 Å². The van der Waals surface area contributed by atoms with Gasteiger partial charge in [-0.05, 0) is 31.8 Å². The van der Waals surface area contributed by atoms with Gasteiger partial charge >= 0.3 is 0 Å². The standard InChI is InChI=1S/C15H32N2O/c1-5-16-11-15(8-7-9-18-13-15)12-17(6-2)10-14(3)4/h14,16H,5-13H2,1-4H3. The fourth-order valence-corrected chi connectivity index (χ4v) is 2.92. The van der Waals surface area contributed by atoms with Gasteiger partial charge in [-0.2, -0.15) is 0 Å². The maximum atomic E-state index is 5.77. The second-order valence-electron chi connectivity index (χ2n) is 6.16. The molecule has 0 spiro atoms. The highest BCUT2D eigenvalue weighted by Gasteiger charge is 2.34. The number of nitrogens with one attached hydrogen (secondary N) is 1. The first-order valence-electron chi connectivity index (χ1n) is 7.62. The highest BCUT2D eigenvalue weighted by Crippen LogP contribution is 2.29. The Bertz CT molecular complexity index is 213. The number of hydrogen-bond acceptors (Lipinski definition) is 3. The van der Waals surface area contributed by atoms with Crippen molar-refractivity contribution in [2.45, 2.75) is 40.5 Å². The molecule has 1 fully saturated rings. The molecular weight excluding hydrogens is 224 g/mol. The van der Waals surface area contributed by atoms with Crippen LogP contribution in [0, 0.1) is 11.3 Å². The van der Waals surface area contributed by atoms with Crippen molar-refractivity contribution in [3.05, 3.63) is 0 Å². The first-order valence-corrected chi connectivity index (χ1v) is 7.62. The molecule has 1 saturated heterocycles. The summed E-state index contributed by atoms with van der Waals surface area (Å²) in [6.07, 6.45) is 2.51. The van der Waals surface area contributed by atoms with Crippen molar-refractivity contribution in [3.63, 3.8) is 0 Å². The van der Waals surface area contributed by atoms with Gasteiger partial charge < -0.3 is 15.0 Å². The molecule has 1 atom stereocenters. The zero-order chi connectivity index (χ0) is 13.4. The van der Waals surface area contributed by atoms with E-state index in [-0.39, 0.29) is 0 Å². The second-order valence-corrected chi connectivity index (χ2v) is 6.16. The molecule has 1 aliphatic rings. The fraction of sp³-hybridized carbons (Fsp3) is 1.00. The van der Waals surface area contributed by atoms with E-state index in [4.69, 9.17) is 4.74 Å². The van der Waals surface area contributed by atoms with Crippen LogP contribution in [0.15, 0.2) is 0 Å². The van der Waals surface area contributed by atoms with Gasteiger partial charge in [-0.3, -0.25) is 0 Å². The van der Waals surface area contributed by atoms with Gasteiger partial charge in [-0.15, -0.1) is 0 Å². The molecule has 0 bridgehead atoms. The molecule has 3 nitrogen and oxygen atoms in total. The van der Waals surface area contributed by atoms with Crippen LogP contribution >= 0.6 is 0 Å². The summed E-state index contributed by atoms with van der Waals surface area (Å²) in [5, 5.41) is 3.53. The van der Waals surface area contributed by atoms with Crippen molar-refractivity contribution < 1.29 is 4.74 Å². The van der Waals surface area contributed by atoms with Crippen LogP contribution < -0.4 is 5.32 Å². The van der Waals surface area contributed by atoms with Crippen molar-refractivity contribution in [1.29, 1.82) is 0 Å². The van der Waals surface area contributed by atoms with Gasteiger partial charge in [0.15, 0.2) is 0 Å². The molecule has 1 N–H and O–H groups in total. The summed E-state index contributed by atoms with van der Waals surface area (Å²) in [6, 6.07) is 0. The number of ether oxygens (including phenoxy) is 1. The highest BCUT2D eigenvalue weighted by molar-refractivity contribution is 4.87. The minimum Gasteiger partial charge on any atom is -0.381 e. The maximum Gasteiger partial charge on any atom is 0.0546 e. The molecule has 0 amide bonds. The average molecular weight is 256 g/mol. The molecule has 0 aromatic rings. The molecule has 1 rings (SSSR count). The summed E-state index contributed by atoms with van der Waals surface area (Å²) < 4.78 is 5.77. The molecule has 1 heterocycles. The van der Waals surface area contributed by atoms with E-state index in [0.717, 1.165) is 38.8 Å². The Hall–Kier alpha value is -0.120. The van der Waals surface area contributed by atoms with E-state index in [1.54, 1.807) is 0 Å². The molecule has 108 valence electrons. The van der Waals surface area contributed by atoms with Gasteiger partial charge in [0.2, 0.25) is 0 Å². The fourth-order valence-electron chi connectivity index (χ4n) is 2.92. The van der Waals surface area contributed by atoms with Crippen LogP contribution in [-0.4, -0.2) is 50.8 Å². The SMILES string of the molecule is CCNCC1(CN(CC)CC(C)C)CCCOC1. The minimum absolute atomic E-state index is 0.333. The first kappa shape index (κ1) is 15.9. The Kier molecular flexibility index (Phi) is 7.20. The summed E-state index contributed by atoms with van der Waals surface area (Å²) in [4.78, 5) is 2.59. The lowest BCUT2D eigenvalue weighted by molar-refractivity contribution is -0.0267. The molecule has 0 aromatic heterocycles. The van der Waals surface area contributed by atoms with Crippen molar-refractivity contribution in [2.24, 2.45) is 11.3 Å². The maximum absolute atomic E-state index is 5.77. The minimum atomic E-state index is 0.333. The van der Waals surface area contributed by atoms with Crippen molar-refractivity contribution in [2.75, 3.05) is 45.9 Å². The lowest BCUT2D eigenvalue weighted by Crippen LogP contribution is -2.49. The average Bonchev–Trinajstić information content (AvgIpc) is 2.36. The number of nitrogens with zero attached hydrogens (tertiary/aromatic N) is 1. The van der Waals surface area contributed by atoms with Crippen LogP contribution in [0.2, 0.25) is 0 Å². The van der Waals surface area contributed by atoms with E-state index in [0.29, 0.717) is 5.41 Å². The molecule has 3 heteroatoms. The third kappa shape index (κ3) is 5.25. The summed E-state index contributed by atoms with van der Waals surface area (Å²) in [6.45, 7) is 16.6. The zero-order valence-corrected chi connectivity index (χ0v) is 12.8. The molecule has 0 aliphatic carbocycles. The van der Waals surface area contributed by atoms with Gasteiger partial charge in [0, 0.05) is 31.7 Å². The van der Waals surface area contributed by atoms with E-state index in [9.17, 15) is 0 Å². The van der Waals surface area contributed by atoms with E-state index < -0.39 is 0 Å². The third-order valence-corrected chi connectivity index (χ3v) is 3.78. The molecule has 1 aliphatic heterocycles. The van der Waals surface area contributed by atoms with Gasteiger partial charge in [-0.25, -0.2) is 0 Å². The summed E-state index contributed by atoms with van der Waals surface area (Å²) >= 11 is 0. The lowest BCUT2D eigenvalue weighted by atomic mass is 9.81. The van der Waals surface area contributed by atoms with E-state index in [2.05, 4.69) is 37.9 Å². The van der Waals surface area contributed by atoms with Crippen LogP contribution in [-0.2, 0) is 4.74 Å². The quantitative estimate of drug-likeness (QED) is 0.721. The van der Waals surface area contributed by atoms with Crippen LogP contribution in [0.3, 0.4) is 0 Å².